The predicted molar refractivity (Wildman–Crippen MR) is 125 cm³/mol. The van der Waals surface area contributed by atoms with Crippen LogP contribution in [-0.2, 0) is 13.0 Å². The van der Waals surface area contributed by atoms with Crippen LogP contribution in [0, 0.1) is 0 Å². The highest BCUT2D eigenvalue weighted by atomic mass is 15.3. The first kappa shape index (κ1) is 19.3. The van der Waals surface area contributed by atoms with Crippen LogP contribution in [-0.4, -0.2) is 42.0 Å². The lowest BCUT2D eigenvalue weighted by Gasteiger charge is -2.50. The molecule has 0 bridgehead atoms. The summed E-state index contributed by atoms with van der Waals surface area (Å²) in [5.74, 6) is 0. The van der Waals surface area contributed by atoms with Gasteiger partial charge < -0.3 is 5.32 Å². The van der Waals surface area contributed by atoms with E-state index >= 15 is 0 Å². The van der Waals surface area contributed by atoms with E-state index in [1.807, 2.05) is 0 Å². The lowest BCUT2D eigenvalue weighted by atomic mass is 9.91. The highest BCUT2D eigenvalue weighted by Gasteiger charge is 2.38. The number of anilines is 1. The number of hydrogen-bond acceptors (Lipinski definition) is 3. The summed E-state index contributed by atoms with van der Waals surface area (Å²) in [7, 11) is 0. The van der Waals surface area contributed by atoms with Crippen molar-refractivity contribution in [1.82, 2.24) is 9.80 Å². The minimum Gasteiger partial charge on any atom is -0.385 e. The summed E-state index contributed by atoms with van der Waals surface area (Å²) in [5, 5.41) is 3.44. The SMILES string of the molecule is CCNc1ccc2c(c1)CCN(C1CN(C(c3ccccc3)c3ccccc3)C1)C2. The third kappa shape index (κ3) is 3.88. The third-order valence-electron chi connectivity index (χ3n) is 6.63. The zero-order chi connectivity index (χ0) is 20.3. The molecule has 5 rings (SSSR count). The van der Waals surface area contributed by atoms with Crippen molar-refractivity contribution in [3.63, 3.8) is 0 Å². The molecule has 2 aliphatic rings. The molecule has 3 aromatic rings. The number of benzene rings is 3. The summed E-state index contributed by atoms with van der Waals surface area (Å²) in [4.78, 5) is 5.33. The van der Waals surface area contributed by atoms with Gasteiger partial charge in [-0.05, 0) is 47.7 Å². The van der Waals surface area contributed by atoms with Gasteiger partial charge >= 0.3 is 0 Å². The fourth-order valence-electron chi connectivity index (χ4n) is 5.02. The summed E-state index contributed by atoms with van der Waals surface area (Å²) >= 11 is 0. The molecule has 0 aliphatic carbocycles. The van der Waals surface area contributed by atoms with E-state index in [0.29, 0.717) is 12.1 Å². The second-order valence-corrected chi connectivity index (χ2v) is 8.57. The number of nitrogens with zero attached hydrogens (tertiary/aromatic N) is 2. The zero-order valence-electron chi connectivity index (χ0n) is 17.8. The molecule has 0 spiro atoms. The quantitative estimate of drug-likeness (QED) is 0.635. The Hall–Kier alpha value is -2.62. The second kappa shape index (κ2) is 8.63. The standard InChI is InChI=1S/C27H31N3/c1-2-28-25-14-13-24-18-29(16-15-23(24)17-25)26-19-30(20-26)27(21-9-5-3-6-10-21)22-11-7-4-8-12-22/h3-14,17,26-28H,2,15-16,18-20H2,1H3. The maximum atomic E-state index is 3.44. The van der Waals surface area contributed by atoms with Gasteiger partial charge in [0.05, 0.1) is 6.04 Å². The van der Waals surface area contributed by atoms with Crippen LogP contribution in [0.5, 0.6) is 0 Å². The molecule has 3 nitrogen and oxygen atoms in total. The lowest BCUT2D eigenvalue weighted by molar-refractivity contribution is 0.00728. The molecule has 30 heavy (non-hydrogen) atoms. The third-order valence-corrected chi connectivity index (χ3v) is 6.63. The number of likely N-dealkylation sites (tertiary alicyclic amines) is 1. The van der Waals surface area contributed by atoms with E-state index in [2.05, 4.69) is 101 Å². The van der Waals surface area contributed by atoms with Gasteiger partial charge in [0, 0.05) is 44.5 Å². The van der Waals surface area contributed by atoms with Crippen LogP contribution in [0.2, 0.25) is 0 Å². The van der Waals surface area contributed by atoms with Crippen LogP contribution in [0.3, 0.4) is 0 Å². The van der Waals surface area contributed by atoms with Crippen molar-refractivity contribution in [2.75, 3.05) is 31.5 Å². The average Bonchev–Trinajstić information content (AvgIpc) is 2.77. The molecule has 1 N–H and O–H groups in total. The van der Waals surface area contributed by atoms with E-state index in [1.54, 1.807) is 0 Å². The van der Waals surface area contributed by atoms with Crippen molar-refractivity contribution in [3.8, 4) is 0 Å². The van der Waals surface area contributed by atoms with Crippen LogP contribution in [0.15, 0.2) is 78.9 Å². The van der Waals surface area contributed by atoms with Gasteiger partial charge in [-0.2, -0.15) is 0 Å². The lowest BCUT2D eigenvalue weighted by Crippen LogP contribution is -2.60. The normalized spacial score (nSPS) is 17.5. The number of fused-ring (bicyclic) bond motifs is 1. The van der Waals surface area contributed by atoms with Gasteiger partial charge in [-0.15, -0.1) is 0 Å². The van der Waals surface area contributed by atoms with E-state index in [4.69, 9.17) is 0 Å². The van der Waals surface area contributed by atoms with Crippen molar-refractivity contribution >= 4 is 5.69 Å². The Labute approximate surface area is 180 Å². The van der Waals surface area contributed by atoms with Crippen molar-refractivity contribution < 1.29 is 0 Å². The Kier molecular flexibility index (Phi) is 5.56. The summed E-state index contributed by atoms with van der Waals surface area (Å²) in [6.45, 7) is 7.66. The van der Waals surface area contributed by atoms with Crippen LogP contribution in [0.4, 0.5) is 5.69 Å². The van der Waals surface area contributed by atoms with Crippen molar-refractivity contribution in [1.29, 1.82) is 0 Å². The largest absolute Gasteiger partial charge is 0.385 e. The van der Waals surface area contributed by atoms with Gasteiger partial charge in [-0.1, -0.05) is 66.7 Å². The maximum Gasteiger partial charge on any atom is 0.0602 e. The Balaban J connectivity index is 1.28. The molecular weight excluding hydrogens is 366 g/mol. The summed E-state index contributed by atoms with van der Waals surface area (Å²) in [6.07, 6.45) is 1.16. The molecule has 3 heteroatoms. The maximum absolute atomic E-state index is 3.44. The van der Waals surface area contributed by atoms with E-state index in [0.717, 1.165) is 32.6 Å². The summed E-state index contributed by atoms with van der Waals surface area (Å²) < 4.78 is 0. The highest BCUT2D eigenvalue weighted by Crippen LogP contribution is 2.35. The van der Waals surface area contributed by atoms with Gasteiger partial charge in [0.15, 0.2) is 0 Å². The van der Waals surface area contributed by atoms with E-state index in [-0.39, 0.29) is 0 Å². The molecule has 0 radical (unpaired) electrons. The van der Waals surface area contributed by atoms with Crippen molar-refractivity contribution in [2.45, 2.75) is 32.0 Å². The molecule has 1 fully saturated rings. The minimum atomic E-state index is 0.350. The fraction of sp³-hybridized carbons (Fsp3) is 0.333. The van der Waals surface area contributed by atoms with Crippen LogP contribution in [0.25, 0.3) is 0 Å². The Morgan fingerprint density at radius 3 is 2.17 bits per heavy atom. The van der Waals surface area contributed by atoms with Crippen LogP contribution < -0.4 is 5.32 Å². The second-order valence-electron chi connectivity index (χ2n) is 8.57. The highest BCUT2D eigenvalue weighted by molar-refractivity contribution is 5.49. The molecule has 3 aromatic carbocycles. The monoisotopic (exact) mass is 397 g/mol. The van der Waals surface area contributed by atoms with E-state index in [9.17, 15) is 0 Å². The molecular formula is C27H31N3. The Bertz CT molecular complexity index is 924. The summed E-state index contributed by atoms with van der Waals surface area (Å²) in [6, 6.07) is 29.8. The molecule has 0 unspecified atom stereocenters. The first-order chi connectivity index (χ1) is 14.8. The minimum absolute atomic E-state index is 0.350. The van der Waals surface area contributed by atoms with Gasteiger partial charge in [0.2, 0.25) is 0 Å². The fourth-order valence-corrected chi connectivity index (χ4v) is 5.02. The zero-order valence-corrected chi connectivity index (χ0v) is 17.8. The van der Waals surface area contributed by atoms with E-state index in [1.165, 1.54) is 34.5 Å². The van der Waals surface area contributed by atoms with Crippen molar-refractivity contribution in [3.05, 3.63) is 101 Å². The smallest absolute Gasteiger partial charge is 0.0602 e. The van der Waals surface area contributed by atoms with Crippen molar-refractivity contribution in [2.24, 2.45) is 0 Å². The molecule has 0 amide bonds. The molecule has 0 aromatic heterocycles. The molecule has 2 aliphatic heterocycles. The molecule has 0 saturated carbocycles. The summed E-state index contributed by atoms with van der Waals surface area (Å²) in [5.41, 5.74) is 7.06. The van der Waals surface area contributed by atoms with Gasteiger partial charge in [-0.25, -0.2) is 0 Å². The molecule has 1 saturated heterocycles. The van der Waals surface area contributed by atoms with Crippen LogP contribution in [0.1, 0.15) is 35.2 Å². The number of hydrogen-bond donors (Lipinski definition) is 1. The molecule has 0 atom stereocenters. The average molecular weight is 398 g/mol. The number of rotatable bonds is 6. The number of nitrogens with one attached hydrogen (secondary N) is 1. The first-order valence-electron chi connectivity index (χ1n) is 11.3. The predicted octanol–water partition coefficient (Wildman–Crippen LogP) is 4.95. The molecule has 2 heterocycles. The van der Waals surface area contributed by atoms with E-state index < -0.39 is 0 Å². The van der Waals surface area contributed by atoms with Gasteiger partial charge in [0.1, 0.15) is 0 Å². The topological polar surface area (TPSA) is 18.5 Å². The van der Waals surface area contributed by atoms with Gasteiger partial charge in [0.25, 0.3) is 0 Å². The molecule has 154 valence electrons. The van der Waals surface area contributed by atoms with Crippen LogP contribution >= 0.6 is 0 Å². The Morgan fingerprint density at radius 2 is 1.53 bits per heavy atom. The Morgan fingerprint density at radius 1 is 0.867 bits per heavy atom. The van der Waals surface area contributed by atoms with Gasteiger partial charge in [-0.3, -0.25) is 9.80 Å². The first-order valence-corrected chi connectivity index (χ1v) is 11.3.